The van der Waals surface area contributed by atoms with Gasteiger partial charge in [-0.3, -0.25) is 10.1 Å². The smallest absolute Gasteiger partial charge is 0.257 e. The first-order valence-corrected chi connectivity index (χ1v) is 9.16. The van der Waals surface area contributed by atoms with E-state index in [2.05, 4.69) is 25.5 Å². The lowest BCUT2D eigenvalue weighted by molar-refractivity contribution is 0.102. The molecule has 1 saturated carbocycles. The Kier molecular flexibility index (Phi) is 4.25. The van der Waals surface area contributed by atoms with Crippen LogP contribution in [0.5, 0.6) is 0 Å². The molecular formula is C17H19N5OS. The van der Waals surface area contributed by atoms with Crippen LogP contribution >= 0.6 is 11.3 Å². The maximum Gasteiger partial charge on any atom is 0.257 e. The average Bonchev–Trinajstić information content (AvgIpc) is 3.24. The second-order valence-corrected chi connectivity index (χ2v) is 7.36. The Morgan fingerprint density at radius 1 is 1.25 bits per heavy atom. The van der Waals surface area contributed by atoms with Crippen LogP contribution in [0.15, 0.2) is 24.5 Å². The number of nitrogens with one attached hydrogen (secondary N) is 2. The zero-order valence-corrected chi connectivity index (χ0v) is 14.1. The van der Waals surface area contributed by atoms with Crippen LogP contribution in [0.3, 0.4) is 0 Å². The number of hydrogen-bond donors (Lipinski definition) is 2. The monoisotopic (exact) mass is 341 g/mol. The largest absolute Gasteiger partial charge is 0.345 e. The van der Waals surface area contributed by atoms with Gasteiger partial charge in [-0.15, -0.1) is 10.2 Å². The molecule has 2 aromatic heterocycles. The number of carbonyl (C=O) groups is 1. The van der Waals surface area contributed by atoms with Crippen molar-refractivity contribution in [1.29, 1.82) is 0 Å². The summed E-state index contributed by atoms with van der Waals surface area (Å²) in [7, 11) is 0. The number of H-pyrrole nitrogens is 1. The normalized spacial score (nSPS) is 15.7. The Balaban J connectivity index is 1.41. The molecule has 0 saturated heterocycles. The van der Waals surface area contributed by atoms with E-state index in [9.17, 15) is 4.79 Å². The molecule has 0 unspecified atom stereocenters. The highest BCUT2D eigenvalue weighted by molar-refractivity contribution is 7.15. The predicted octanol–water partition coefficient (Wildman–Crippen LogP) is 3.79. The highest BCUT2D eigenvalue weighted by atomic mass is 32.1. The highest BCUT2D eigenvalue weighted by Crippen LogP contribution is 2.28. The van der Waals surface area contributed by atoms with Gasteiger partial charge in [0, 0.05) is 12.0 Å². The SMILES string of the molecule is O=C(Nc1nnc(CC2CCCCC2)s1)c1ccc2nc[nH]c2c1. The standard InChI is InChI=1S/C17H19N5OS/c23-16(12-6-7-13-14(9-12)19-10-18-13)20-17-22-21-15(24-17)8-11-4-2-1-3-5-11/h6-7,9-11H,1-5,8H2,(H,18,19)(H,20,22,23). The molecule has 1 aliphatic carbocycles. The van der Waals surface area contributed by atoms with Crippen molar-refractivity contribution < 1.29 is 4.79 Å². The number of aromatic nitrogens is 4. The Labute approximate surface area is 143 Å². The van der Waals surface area contributed by atoms with Gasteiger partial charge in [0.1, 0.15) is 5.01 Å². The first-order valence-electron chi connectivity index (χ1n) is 8.35. The zero-order chi connectivity index (χ0) is 16.4. The van der Waals surface area contributed by atoms with E-state index >= 15 is 0 Å². The van der Waals surface area contributed by atoms with E-state index in [1.54, 1.807) is 18.5 Å². The molecular weight excluding hydrogens is 322 g/mol. The van der Waals surface area contributed by atoms with Gasteiger partial charge in [0.15, 0.2) is 0 Å². The van der Waals surface area contributed by atoms with Crippen LogP contribution in [0.1, 0.15) is 47.5 Å². The van der Waals surface area contributed by atoms with Gasteiger partial charge < -0.3 is 4.98 Å². The minimum atomic E-state index is -0.174. The minimum Gasteiger partial charge on any atom is -0.345 e. The van der Waals surface area contributed by atoms with Gasteiger partial charge in [0.2, 0.25) is 5.13 Å². The molecule has 6 nitrogen and oxygen atoms in total. The number of amides is 1. The van der Waals surface area contributed by atoms with Crippen molar-refractivity contribution in [3.8, 4) is 0 Å². The second kappa shape index (κ2) is 6.68. The van der Waals surface area contributed by atoms with Gasteiger partial charge in [-0.05, 0) is 24.1 Å². The van der Waals surface area contributed by atoms with Crippen LogP contribution in [0.2, 0.25) is 0 Å². The molecule has 0 spiro atoms. The predicted molar refractivity (Wildman–Crippen MR) is 94.2 cm³/mol. The van der Waals surface area contributed by atoms with E-state index in [1.807, 2.05) is 6.07 Å². The van der Waals surface area contributed by atoms with Gasteiger partial charge in [0.05, 0.1) is 17.4 Å². The van der Waals surface area contributed by atoms with Gasteiger partial charge in [0.25, 0.3) is 5.91 Å². The van der Waals surface area contributed by atoms with Gasteiger partial charge in [-0.25, -0.2) is 4.98 Å². The van der Waals surface area contributed by atoms with E-state index in [1.165, 1.54) is 43.4 Å². The lowest BCUT2D eigenvalue weighted by Gasteiger charge is -2.19. The van der Waals surface area contributed by atoms with Gasteiger partial charge >= 0.3 is 0 Å². The summed E-state index contributed by atoms with van der Waals surface area (Å²) in [6.45, 7) is 0. The fourth-order valence-corrected chi connectivity index (χ4v) is 4.12. The van der Waals surface area contributed by atoms with E-state index in [-0.39, 0.29) is 5.91 Å². The Morgan fingerprint density at radius 2 is 2.12 bits per heavy atom. The number of hydrogen-bond acceptors (Lipinski definition) is 5. The molecule has 24 heavy (non-hydrogen) atoms. The van der Waals surface area contributed by atoms with Crippen molar-refractivity contribution in [3.05, 3.63) is 35.1 Å². The first-order chi connectivity index (χ1) is 11.8. The maximum atomic E-state index is 12.4. The van der Waals surface area contributed by atoms with E-state index < -0.39 is 0 Å². The van der Waals surface area contributed by atoms with Crippen molar-refractivity contribution >= 4 is 33.4 Å². The number of anilines is 1. The lowest BCUT2D eigenvalue weighted by atomic mass is 9.87. The summed E-state index contributed by atoms with van der Waals surface area (Å²) >= 11 is 1.48. The van der Waals surface area contributed by atoms with Crippen LogP contribution in [-0.4, -0.2) is 26.1 Å². The number of nitrogens with zero attached hydrogens (tertiary/aromatic N) is 3. The average molecular weight is 341 g/mol. The third-order valence-corrected chi connectivity index (χ3v) is 5.42. The summed E-state index contributed by atoms with van der Waals surface area (Å²) in [4.78, 5) is 19.5. The molecule has 0 aliphatic heterocycles. The number of carbonyl (C=O) groups excluding carboxylic acids is 1. The van der Waals surface area contributed by atoms with E-state index in [0.717, 1.165) is 28.4 Å². The van der Waals surface area contributed by atoms with Crippen molar-refractivity contribution in [3.63, 3.8) is 0 Å². The molecule has 124 valence electrons. The Hall–Kier alpha value is -2.28. The molecule has 4 rings (SSSR count). The zero-order valence-electron chi connectivity index (χ0n) is 13.3. The minimum absolute atomic E-state index is 0.174. The number of aromatic amines is 1. The van der Waals surface area contributed by atoms with E-state index in [4.69, 9.17) is 0 Å². The number of benzene rings is 1. The number of imidazole rings is 1. The molecule has 2 N–H and O–H groups in total. The summed E-state index contributed by atoms with van der Waals surface area (Å²) in [5, 5.41) is 12.8. The summed E-state index contributed by atoms with van der Waals surface area (Å²) in [5.74, 6) is 0.546. The third kappa shape index (κ3) is 3.31. The molecule has 0 radical (unpaired) electrons. The van der Waals surface area contributed by atoms with Crippen molar-refractivity contribution in [1.82, 2.24) is 20.2 Å². The fourth-order valence-electron chi connectivity index (χ4n) is 3.27. The van der Waals surface area contributed by atoms with Crippen molar-refractivity contribution in [2.75, 3.05) is 5.32 Å². The molecule has 1 fully saturated rings. The van der Waals surface area contributed by atoms with E-state index in [0.29, 0.717) is 10.7 Å². The summed E-state index contributed by atoms with van der Waals surface area (Å²) in [6, 6.07) is 5.39. The fraction of sp³-hybridized carbons (Fsp3) is 0.412. The summed E-state index contributed by atoms with van der Waals surface area (Å²) in [5.41, 5.74) is 2.27. The second-order valence-electron chi connectivity index (χ2n) is 6.30. The van der Waals surface area contributed by atoms with Crippen LogP contribution in [-0.2, 0) is 6.42 Å². The molecule has 3 aromatic rings. The highest BCUT2D eigenvalue weighted by Gasteiger charge is 2.17. The number of rotatable bonds is 4. The molecule has 0 atom stereocenters. The Bertz CT molecular complexity index is 849. The van der Waals surface area contributed by atoms with Crippen molar-refractivity contribution in [2.24, 2.45) is 5.92 Å². The quantitative estimate of drug-likeness (QED) is 0.756. The Morgan fingerprint density at radius 3 is 3.00 bits per heavy atom. The topological polar surface area (TPSA) is 83.6 Å². The van der Waals surface area contributed by atoms with Crippen LogP contribution < -0.4 is 5.32 Å². The molecule has 1 aliphatic rings. The maximum absolute atomic E-state index is 12.4. The van der Waals surface area contributed by atoms with Crippen LogP contribution in [0.25, 0.3) is 11.0 Å². The molecule has 1 amide bonds. The van der Waals surface area contributed by atoms with Crippen LogP contribution in [0.4, 0.5) is 5.13 Å². The van der Waals surface area contributed by atoms with Gasteiger partial charge in [-0.2, -0.15) is 0 Å². The lowest BCUT2D eigenvalue weighted by Crippen LogP contribution is -2.11. The third-order valence-electron chi connectivity index (χ3n) is 4.56. The molecule has 0 bridgehead atoms. The molecule has 1 aromatic carbocycles. The summed E-state index contributed by atoms with van der Waals surface area (Å²) < 4.78 is 0. The van der Waals surface area contributed by atoms with Gasteiger partial charge in [-0.1, -0.05) is 43.4 Å². The van der Waals surface area contributed by atoms with Crippen LogP contribution in [0, 0.1) is 5.92 Å². The molecule has 7 heteroatoms. The van der Waals surface area contributed by atoms with Crippen molar-refractivity contribution in [2.45, 2.75) is 38.5 Å². The first kappa shape index (κ1) is 15.3. The molecule has 2 heterocycles. The summed E-state index contributed by atoms with van der Waals surface area (Å²) in [6.07, 6.45) is 9.17. The number of fused-ring (bicyclic) bond motifs is 1.